The van der Waals surface area contributed by atoms with E-state index in [1.165, 1.54) is 5.56 Å². The van der Waals surface area contributed by atoms with E-state index in [-0.39, 0.29) is 0 Å². The Morgan fingerprint density at radius 1 is 0.938 bits per heavy atom. The molecule has 0 aliphatic heterocycles. The first kappa shape index (κ1) is 10.4. The number of rotatable bonds is 3. The normalized spacial score (nSPS) is 10.6. The van der Waals surface area contributed by atoms with Crippen LogP contribution in [0.15, 0.2) is 54.7 Å². The molecule has 0 amide bonds. The molecule has 1 aromatic carbocycles. The first-order chi connectivity index (χ1) is 7.90. The third-order valence-corrected chi connectivity index (χ3v) is 2.30. The molecule has 0 radical (unpaired) electrons. The standard InChI is InChI=1S/C14H14NO/c1-16-15-12-6-5-9-14(15)11-10-13-7-3-2-4-8-13/h2-12H,1H3/q+1/b11-10+. The molecule has 2 aromatic rings. The van der Waals surface area contributed by atoms with Crippen molar-refractivity contribution in [2.24, 2.45) is 0 Å². The second-order valence-corrected chi connectivity index (χ2v) is 3.38. The molecule has 1 aromatic heterocycles. The monoisotopic (exact) mass is 212 g/mol. The molecule has 80 valence electrons. The predicted molar refractivity (Wildman–Crippen MR) is 64.5 cm³/mol. The largest absolute Gasteiger partial charge is 0.274 e. The van der Waals surface area contributed by atoms with Crippen LogP contribution in [0.3, 0.4) is 0 Å². The van der Waals surface area contributed by atoms with E-state index in [0.717, 1.165) is 5.69 Å². The van der Waals surface area contributed by atoms with Gasteiger partial charge in [0.05, 0.1) is 0 Å². The Kier molecular flexibility index (Phi) is 3.34. The lowest BCUT2D eigenvalue weighted by atomic mass is 10.2. The maximum absolute atomic E-state index is 5.20. The average molecular weight is 212 g/mol. The van der Waals surface area contributed by atoms with E-state index in [1.807, 2.05) is 48.7 Å². The summed E-state index contributed by atoms with van der Waals surface area (Å²) in [6.07, 6.45) is 5.97. The van der Waals surface area contributed by atoms with Crippen molar-refractivity contribution in [1.29, 1.82) is 0 Å². The molecule has 0 N–H and O–H groups in total. The van der Waals surface area contributed by atoms with Crippen LogP contribution in [0.1, 0.15) is 11.3 Å². The number of nitrogens with zero attached hydrogens (tertiary/aromatic N) is 1. The Bertz CT molecular complexity index is 477. The fourth-order valence-electron chi connectivity index (χ4n) is 1.48. The van der Waals surface area contributed by atoms with Crippen LogP contribution in [0.5, 0.6) is 0 Å². The zero-order valence-corrected chi connectivity index (χ0v) is 9.21. The van der Waals surface area contributed by atoms with Crippen molar-refractivity contribution in [3.8, 4) is 0 Å². The molecule has 2 rings (SSSR count). The van der Waals surface area contributed by atoms with Crippen LogP contribution in [-0.2, 0) is 0 Å². The third-order valence-electron chi connectivity index (χ3n) is 2.30. The number of hydrogen-bond donors (Lipinski definition) is 0. The van der Waals surface area contributed by atoms with Gasteiger partial charge in [-0.05, 0) is 17.7 Å². The minimum Gasteiger partial charge on any atom is -0.274 e. The maximum atomic E-state index is 5.20. The van der Waals surface area contributed by atoms with E-state index in [1.54, 1.807) is 11.8 Å². The molecule has 0 bridgehead atoms. The summed E-state index contributed by atoms with van der Waals surface area (Å²) in [6.45, 7) is 0. The molecule has 0 saturated heterocycles. The van der Waals surface area contributed by atoms with Gasteiger partial charge in [0, 0.05) is 22.9 Å². The molecular weight excluding hydrogens is 198 g/mol. The average Bonchev–Trinajstić information content (AvgIpc) is 2.38. The van der Waals surface area contributed by atoms with Crippen LogP contribution in [0, 0.1) is 0 Å². The molecular formula is C14H14NO+. The molecule has 0 aliphatic rings. The van der Waals surface area contributed by atoms with Crippen molar-refractivity contribution in [2.45, 2.75) is 0 Å². The van der Waals surface area contributed by atoms with Crippen LogP contribution < -0.4 is 9.57 Å². The van der Waals surface area contributed by atoms with Crippen molar-refractivity contribution < 1.29 is 9.57 Å². The molecule has 1 heterocycles. The van der Waals surface area contributed by atoms with E-state index in [0.29, 0.717) is 0 Å². The molecule has 0 atom stereocenters. The van der Waals surface area contributed by atoms with Crippen LogP contribution >= 0.6 is 0 Å². The fourth-order valence-corrected chi connectivity index (χ4v) is 1.48. The highest BCUT2D eigenvalue weighted by atomic mass is 16.6. The van der Waals surface area contributed by atoms with Crippen molar-refractivity contribution in [3.63, 3.8) is 0 Å². The van der Waals surface area contributed by atoms with Gasteiger partial charge >= 0.3 is 0 Å². The van der Waals surface area contributed by atoms with Gasteiger partial charge in [0.15, 0.2) is 0 Å². The molecule has 2 nitrogen and oxygen atoms in total. The Hall–Kier alpha value is -2.09. The molecule has 0 aliphatic carbocycles. The van der Waals surface area contributed by atoms with Gasteiger partial charge < -0.3 is 0 Å². The maximum Gasteiger partial charge on any atom is 0.257 e. The predicted octanol–water partition coefficient (Wildman–Crippen LogP) is 2.20. The number of aromatic nitrogens is 1. The summed E-state index contributed by atoms with van der Waals surface area (Å²) in [5.74, 6) is 0. The van der Waals surface area contributed by atoms with E-state index in [4.69, 9.17) is 4.84 Å². The van der Waals surface area contributed by atoms with Crippen LogP contribution in [0.25, 0.3) is 12.2 Å². The van der Waals surface area contributed by atoms with Gasteiger partial charge in [0.1, 0.15) is 7.11 Å². The van der Waals surface area contributed by atoms with Gasteiger partial charge in [0.2, 0.25) is 6.20 Å². The minimum absolute atomic E-state index is 1.01. The Morgan fingerprint density at radius 2 is 1.69 bits per heavy atom. The second kappa shape index (κ2) is 5.12. The summed E-state index contributed by atoms with van der Waals surface area (Å²) in [4.78, 5) is 5.20. The molecule has 0 saturated carbocycles. The zero-order chi connectivity index (χ0) is 11.2. The lowest BCUT2D eigenvalue weighted by molar-refractivity contribution is -0.886. The van der Waals surface area contributed by atoms with E-state index in [2.05, 4.69) is 18.2 Å². The van der Waals surface area contributed by atoms with Gasteiger partial charge in [-0.3, -0.25) is 4.84 Å². The van der Waals surface area contributed by atoms with Gasteiger partial charge in [-0.1, -0.05) is 30.3 Å². The van der Waals surface area contributed by atoms with E-state index < -0.39 is 0 Å². The molecule has 0 spiro atoms. The quantitative estimate of drug-likeness (QED) is 0.711. The number of pyridine rings is 1. The molecule has 0 unspecified atom stereocenters. The highest BCUT2D eigenvalue weighted by molar-refractivity contribution is 5.66. The van der Waals surface area contributed by atoms with Crippen LogP contribution in [-0.4, -0.2) is 7.11 Å². The summed E-state index contributed by atoms with van der Waals surface area (Å²) < 4.78 is 1.72. The van der Waals surface area contributed by atoms with Crippen molar-refractivity contribution >= 4 is 12.2 Å². The van der Waals surface area contributed by atoms with Gasteiger partial charge in [-0.25, -0.2) is 0 Å². The van der Waals surface area contributed by atoms with Crippen LogP contribution in [0.4, 0.5) is 0 Å². The lowest BCUT2D eigenvalue weighted by Gasteiger charge is -1.94. The smallest absolute Gasteiger partial charge is 0.257 e. The van der Waals surface area contributed by atoms with Crippen molar-refractivity contribution in [3.05, 3.63) is 66.0 Å². The topological polar surface area (TPSA) is 13.1 Å². The number of hydrogen-bond acceptors (Lipinski definition) is 1. The van der Waals surface area contributed by atoms with E-state index in [9.17, 15) is 0 Å². The fraction of sp³-hybridized carbons (Fsp3) is 0.0714. The first-order valence-electron chi connectivity index (χ1n) is 5.18. The Morgan fingerprint density at radius 3 is 2.44 bits per heavy atom. The second-order valence-electron chi connectivity index (χ2n) is 3.38. The van der Waals surface area contributed by atoms with E-state index >= 15 is 0 Å². The third kappa shape index (κ3) is 2.48. The Balaban J connectivity index is 2.24. The van der Waals surface area contributed by atoms with Crippen molar-refractivity contribution in [2.75, 3.05) is 7.11 Å². The van der Waals surface area contributed by atoms with Gasteiger partial charge in [-0.15, -0.1) is 0 Å². The highest BCUT2D eigenvalue weighted by Gasteiger charge is 2.04. The Labute approximate surface area is 95.4 Å². The SMILES string of the molecule is CO[n+]1ccccc1/C=C/c1ccccc1. The lowest BCUT2D eigenvalue weighted by Crippen LogP contribution is -2.42. The summed E-state index contributed by atoms with van der Waals surface area (Å²) in [7, 11) is 1.65. The van der Waals surface area contributed by atoms with Crippen LogP contribution in [0.2, 0.25) is 0 Å². The van der Waals surface area contributed by atoms with Crippen molar-refractivity contribution in [1.82, 2.24) is 0 Å². The zero-order valence-electron chi connectivity index (χ0n) is 9.21. The molecule has 16 heavy (non-hydrogen) atoms. The summed E-state index contributed by atoms with van der Waals surface area (Å²) >= 11 is 0. The number of benzene rings is 1. The summed E-state index contributed by atoms with van der Waals surface area (Å²) in [5.41, 5.74) is 2.18. The summed E-state index contributed by atoms with van der Waals surface area (Å²) in [5, 5.41) is 0. The minimum atomic E-state index is 1.01. The van der Waals surface area contributed by atoms with Gasteiger partial charge in [0.25, 0.3) is 5.69 Å². The molecule has 0 fully saturated rings. The summed E-state index contributed by atoms with van der Waals surface area (Å²) in [6, 6.07) is 16.1. The molecule has 2 heteroatoms. The highest BCUT2D eigenvalue weighted by Crippen LogP contribution is 2.04. The van der Waals surface area contributed by atoms with Gasteiger partial charge in [-0.2, -0.15) is 0 Å². The first-order valence-corrected chi connectivity index (χ1v) is 5.18.